The number of likely N-dealkylation sites (tertiary alicyclic amines) is 1. The van der Waals surface area contributed by atoms with Gasteiger partial charge in [0.1, 0.15) is 17.3 Å². The summed E-state index contributed by atoms with van der Waals surface area (Å²) >= 11 is 7.66. The second kappa shape index (κ2) is 6.65. The molecule has 130 valence electrons. The van der Waals surface area contributed by atoms with Crippen molar-refractivity contribution < 1.29 is 9.53 Å². The van der Waals surface area contributed by atoms with E-state index in [4.69, 9.17) is 16.3 Å². The molecule has 1 amide bonds. The molecule has 3 aromatic rings. The maximum absolute atomic E-state index is 12.4. The number of hydrogen-bond donors (Lipinski definition) is 0. The molecule has 0 saturated carbocycles. The minimum atomic E-state index is -0.0224. The lowest BCUT2D eigenvalue weighted by atomic mass is 10.1. The molecule has 0 radical (unpaired) electrons. The van der Waals surface area contributed by atoms with Crippen LogP contribution in [0.3, 0.4) is 0 Å². The summed E-state index contributed by atoms with van der Waals surface area (Å²) in [5.41, 5.74) is 1.27. The zero-order valence-corrected chi connectivity index (χ0v) is 15.3. The Morgan fingerprint density at radius 2 is 2.12 bits per heavy atom. The smallest absolute Gasteiger partial charge is 0.274 e. The Hall–Kier alpha value is -2.12. The number of carbonyl (C=O) groups is 1. The fraction of sp³-hybridized carbons (Fsp3) is 0.353. The zero-order chi connectivity index (χ0) is 17.4. The first-order chi connectivity index (χ1) is 12.1. The Balaban J connectivity index is 1.38. The number of nitrogens with zero attached hydrogens (tertiary/aromatic N) is 4. The molecular formula is C17H17ClN4O2S. The minimum Gasteiger partial charge on any atom is -0.467 e. The van der Waals surface area contributed by atoms with Crippen molar-refractivity contribution in [2.24, 2.45) is 7.05 Å². The lowest BCUT2D eigenvalue weighted by Gasteiger charge is -2.31. The van der Waals surface area contributed by atoms with Gasteiger partial charge in [0.25, 0.3) is 11.1 Å². The molecule has 1 fully saturated rings. The number of benzene rings is 1. The largest absolute Gasteiger partial charge is 0.467 e. The lowest BCUT2D eigenvalue weighted by Crippen LogP contribution is -2.42. The second-order valence-corrected chi connectivity index (χ2v) is 7.45. The Morgan fingerprint density at radius 3 is 2.80 bits per heavy atom. The van der Waals surface area contributed by atoms with Gasteiger partial charge in [0.05, 0.1) is 9.72 Å². The number of aromatic nitrogens is 3. The van der Waals surface area contributed by atoms with Crippen LogP contribution in [0.2, 0.25) is 5.02 Å². The number of ether oxygens (including phenoxy) is 1. The summed E-state index contributed by atoms with van der Waals surface area (Å²) in [5.74, 6) is -0.0224. The third-order valence-electron chi connectivity index (χ3n) is 4.28. The van der Waals surface area contributed by atoms with E-state index in [9.17, 15) is 4.79 Å². The average Bonchev–Trinajstić information content (AvgIpc) is 3.22. The molecule has 0 bridgehead atoms. The molecule has 8 heteroatoms. The molecule has 1 saturated heterocycles. The first-order valence-corrected chi connectivity index (χ1v) is 9.30. The number of halogens is 1. The van der Waals surface area contributed by atoms with Gasteiger partial charge < -0.3 is 9.64 Å². The number of amides is 1. The predicted molar refractivity (Wildman–Crippen MR) is 97.4 cm³/mol. The fourth-order valence-electron chi connectivity index (χ4n) is 2.96. The maximum Gasteiger partial charge on any atom is 0.274 e. The van der Waals surface area contributed by atoms with E-state index in [2.05, 4.69) is 10.1 Å². The van der Waals surface area contributed by atoms with E-state index in [0.29, 0.717) is 29.0 Å². The highest BCUT2D eigenvalue weighted by atomic mass is 35.5. The van der Waals surface area contributed by atoms with Crippen molar-refractivity contribution in [2.75, 3.05) is 13.1 Å². The summed E-state index contributed by atoms with van der Waals surface area (Å²) in [6, 6.07) is 7.47. The number of rotatable bonds is 3. The van der Waals surface area contributed by atoms with Crippen LogP contribution in [0.1, 0.15) is 23.3 Å². The minimum absolute atomic E-state index is 0.0224. The second-order valence-electron chi connectivity index (χ2n) is 6.05. The summed E-state index contributed by atoms with van der Waals surface area (Å²) in [6.45, 7) is 1.32. The highest BCUT2D eigenvalue weighted by molar-refractivity contribution is 7.20. The van der Waals surface area contributed by atoms with Crippen molar-refractivity contribution in [3.05, 3.63) is 41.2 Å². The van der Waals surface area contributed by atoms with Crippen molar-refractivity contribution in [1.29, 1.82) is 0 Å². The van der Waals surface area contributed by atoms with Crippen LogP contribution >= 0.6 is 22.9 Å². The van der Waals surface area contributed by atoms with Crippen LogP contribution < -0.4 is 4.74 Å². The molecule has 1 aliphatic rings. The van der Waals surface area contributed by atoms with Crippen molar-refractivity contribution in [2.45, 2.75) is 18.9 Å². The van der Waals surface area contributed by atoms with Gasteiger partial charge in [-0.2, -0.15) is 5.10 Å². The summed E-state index contributed by atoms with van der Waals surface area (Å²) in [6.07, 6.45) is 3.40. The molecule has 25 heavy (non-hydrogen) atoms. The topological polar surface area (TPSA) is 60.2 Å². The van der Waals surface area contributed by atoms with E-state index in [0.717, 1.165) is 23.1 Å². The molecule has 0 spiro atoms. The number of carbonyl (C=O) groups excluding carboxylic acids is 1. The SMILES string of the molecule is Cn1ccc(C(=O)N2CCC(Oc3nc4c(Cl)cccc4s3)CC2)n1. The molecule has 0 aliphatic carbocycles. The molecule has 0 atom stereocenters. The first kappa shape index (κ1) is 16.4. The van der Waals surface area contributed by atoms with Gasteiger partial charge in [-0.05, 0) is 18.2 Å². The van der Waals surface area contributed by atoms with Gasteiger partial charge in [0.15, 0.2) is 0 Å². The molecule has 2 aromatic heterocycles. The van der Waals surface area contributed by atoms with Crippen LogP contribution in [-0.4, -0.2) is 44.8 Å². The summed E-state index contributed by atoms with van der Waals surface area (Å²) in [4.78, 5) is 18.7. The molecule has 0 N–H and O–H groups in total. The summed E-state index contributed by atoms with van der Waals surface area (Å²) < 4.78 is 8.68. The highest BCUT2D eigenvalue weighted by Crippen LogP contribution is 2.33. The first-order valence-electron chi connectivity index (χ1n) is 8.11. The number of piperidine rings is 1. The molecule has 4 rings (SSSR count). The average molecular weight is 377 g/mol. The zero-order valence-electron chi connectivity index (χ0n) is 13.7. The van der Waals surface area contributed by atoms with E-state index in [1.807, 2.05) is 23.1 Å². The van der Waals surface area contributed by atoms with Gasteiger partial charge in [-0.3, -0.25) is 9.48 Å². The molecule has 1 aromatic carbocycles. The van der Waals surface area contributed by atoms with E-state index in [-0.39, 0.29) is 12.0 Å². The van der Waals surface area contributed by atoms with Crippen molar-refractivity contribution in [3.63, 3.8) is 0 Å². The Labute approximate surface area is 154 Å². The summed E-state index contributed by atoms with van der Waals surface area (Å²) in [7, 11) is 1.81. The number of thiazole rings is 1. The van der Waals surface area contributed by atoms with Gasteiger partial charge in [-0.1, -0.05) is 29.0 Å². The maximum atomic E-state index is 12.4. The van der Waals surface area contributed by atoms with Gasteiger partial charge in [-0.25, -0.2) is 4.98 Å². The molecule has 0 unspecified atom stereocenters. The lowest BCUT2D eigenvalue weighted by molar-refractivity contribution is 0.0589. The van der Waals surface area contributed by atoms with E-state index in [1.165, 1.54) is 11.3 Å². The molecule has 6 nitrogen and oxygen atoms in total. The summed E-state index contributed by atoms with van der Waals surface area (Å²) in [5, 5.41) is 5.45. The van der Waals surface area contributed by atoms with E-state index >= 15 is 0 Å². The third-order valence-corrected chi connectivity index (χ3v) is 5.50. The Morgan fingerprint density at radius 1 is 1.32 bits per heavy atom. The highest BCUT2D eigenvalue weighted by Gasteiger charge is 2.26. The van der Waals surface area contributed by atoms with Crippen molar-refractivity contribution in [1.82, 2.24) is 19.7 Å². The quantitative estimate of drug-likeness (QED) is 0.703. The number of fused-ring (bicyclic) bond motifs is 1. The Bertz CT molecular complexity index is 914. The van der Waals surface area contributed by atoms with Crippen molar-refractivity contribution in [3.8, 4) is 5.19 Å². The number of aryl methyl sites for hydroxylation is 1. The van der Waals surface area contributed by atoms with Crippen LogP contribution in [0.15, 0.2) is 30.5 Å². The monoisotopic (exact) mass is 376 g/mol. The van der Waals surface area contributed by atoms with Crippen LogP contribution in [0, 0.1) is 0 Å². The Kier molecular flexibility index (Phi) is 4.35. The third kappa shape index (κ3) is 3.34. The van der Waals surface area contributed by atoms with Gasteiger partial charge in [0.2, 0.25) is 0 Å². The molecule has 1 aliphatic heterocycles. The normalized spacial score (nSPS) is 15.7. The number of hydrogen-bond acceptors (Lipinski definition) is 5. The van der Waals surface area contributed by atoms with Crippen LogP contribution in [0.5, 0.6) is 5.19 Å². The van der Waals surface area contributed by atoms with Crippen LogP contribution in [0.25, 0.3) is 10.2 Å². The molecular weight excluding hydrogens is 360 g/mol. The van der Waals surface area contributed by atoms with Crippen molar-refractivity contribution >= 4 is 39.1 Å². The number of para-hydroxylation sites is 1. The standard InChI is InChI=1S/C17H17ClN4O2S/c1-21-8-7-13(20-21)16(23)22-9-5-11(6-10-22)24-17-19-15-12(18)3-2-4-14(15)25-17/h2-4,7-8,11H,5-6,9-10H2,1H3. The predicted octanol–water partition coefficient (Wildman–Crippen LogP) is 3.37. The van der Waals surface area contributed by atoms with Gasteiger partial charge in [0, 0.05) is 39.2 Å². The fourth-order valence-corrected chi connectivity index (χ4v) is 4.14. The van der Waals surface area contributed by atoms with Crippen LogP contribution in [-0.2, 0) is 7.05 Å². The molecule has 3 heterocycles. The van der Waals surface area contributed by atoms with Gasteiger partial charge >= 0.3 is 0 Å². The van der Waals surface area contributed by atoms with Crippen LogP contribution in [0.4, 0.5) is 0 Å². The van der Waals surface area contributed by atoms with E-state index in [1.54, 1.807) is 24.0 Å². The van der Waals surface area contributed by atoms with Gasteiger partial charge in [-0.15, -0.1) is 0 Å². The van der Waals surface area contributed by atoms with E-state index < -0.39 is 0 Å².